The summed E-state index contributed by atoms with van der Waals surface area (Å²) in [5, 5.41) is 3.70. The third-order valence-electron chi connectivity index (χ3n) is 4.72. The molecule has 0 saturated carbocycles. The number of benzene rings is 1. The van der Waals surface area contributed by atoms with Crippen LogP contribution in [0.1, 0.15) is 62.6 Å². The van der Waals surface area contributed by atoms with E-state index in [4.69, 9.17) is 0 Å². The summed E-state index contributed by atoms with van der Waals surface area (Å²) in [6, 6.07) is 7.95. The van der Waals surface area contributed by atoms with E-state index < -0.39 is 0 Å². The van der Waals surface area contributed by atoms with Gasteiger partial charge in [-0.3, -0.25) is 0 Å². The summed E-state index contributed by atoms with van der Waals surface area (Å²) in [4.78, 5) is 0. The zero-order valence-corrected chi connectivity index (χ0v) is 11.9. The van der Waals surface area contributed by atoms with Crippen LogP contribution in [-0.2, 0) is 11.8 Å². The fraction of sp³-hybridized carbons (Fsp3) is 0.647. The highest BCUT2D eigenvalue weighted by Crippen LogP contribution is 2.39. The maximum Gasteiger partial charge on any atom is 0.0136 e. The zero-order valence-electron chi connectivity index (χ0n) is 11.9. The number of hydrogen-bond donors (Lipinski definition) is 1. The first-order valence-electron chi connectivity index (χ1n) is 7.42. The highest BCUT2D eigenvalue weighted by atomic mass is 14.9. The molecule has 3 rings (SSSR count). The molecule has 1 nitrogen and oxygen atoms in total. The van der Waals surface area contributed by atoms with E-state index in [1.54, 1.807) is 11.1 Å². The summed E-state index contributed by atoms with van der Waals surface area (Å²) in [6.45, 7) is 8.15. The summed E-state index contributed by atoms with van der Waals surface area (Å²) >= 11 is 0. The van der Waals surface area contributed by atoms with Gasteiger partial charge in [0.25, 0.3) is 0 Å². The molecule has 2 aliphatic rings. The Kier molecular flexibility index (Phi) is 2.97. The summed E-state index contributed by atoms with van der Waals surface area (Å²) < 4.78 is 0. The van der Waals surface area contributed by atoms with Crippen molar-refractivity contribution in [1.29, 1.82) is 0 Å². The second-order valence-corrected chi connectivity index (χ2v) is 7.01. The van der Waals surface area contributed by atoms with E-state index in [9.17, 15) is 0 Å². The van der Waals surface area contributed by atoms with Gasteiger partial charge in [-0.1, -0.05) is 39.0 Å². The minimum absolute atomic E-state index is 0.269. The van der Waals surface area contributed by atoms with Crippen molar-refractivity contribution in [3.8, 4) is 0 Å². The molecule has 98 valence electrons. The molecule has 1 heterocycles. The Morgan fingerprint density at radius 3 is 2.67 bits per heavy atom. The van der Waals surface area contributed by atoms with Gasteiger partial charge >= 0.3 is 0 Å². The summed E-state index contributed by atoms with van der Waals surface area (Å²) in [5.41, 5.74) is 5.00. The summed E-state index contributed by atoms with van der Waals surface area (Å²) in [7, 11) is 0. The quantitative estimate of drug-likeness (QED) is 0.792. The Labute approximate surface area is 111 Å². The Balaban J connectivity index is 1.93. The third kappa shape index (κ3) is 2.09. The molecule has 1 heteroatoms. The van der Waals surface area contributed by atoms with E-state index in [1.807, 2.05) is 0 Å². The second-order valence-electron chi connectivity index (χ2n) is 7.01. The van der Waals surface area contributed by atoms with Gasteiger partial charge in [-0.05, 0) is 60.3 Å². The van der Waals surface area contributed by atoms with Gasteiger partial charge in [-0.25, -0.2) is 0 Å². The molecule has 1 aromatic rings. The van der Waals surface area contributed by atoms with Crippen molar-refractivity contribution in [2.24, 2.45) is 0 Å². The predicted molar refractivity (Wildman–Crippen MR) is 77.2 cm³/mol. The lowest BCUT2D eigenvalue weighted by Gasteiger charge is -2.24. The molecule has 0 bridgehead atoms. The minimum Gasteiger partial charge on any atom is -0.313 e. The first-order valence-corrected chi connectivity index (χ1v) is 7.42. The molecule has 18 heavy (non-hydrogen) atoms. The van der Waals surface area contributed by atoms with Gasteiger partial charge in [-0.2, -0.15) is 0 Å². The standard InChI is InChI=1S/C17H25N/c1-17(2,3)13-8-6-12-7-9-14(15(12)11-13)16-5-4-10-18-16/h6,8,11,14,16,18H,4-5,7,9-10H2,1-3H3/t14-,16+/m1/s1. The van der Waals surface area contributed by atoms with E-state index in [-0.39, 0.29) is 5.41 Å². The van der Waals surface area contributed by atoms with E-state index in [0.717, 1.165) is 12.0 Å². The average molecular weight is 243 g/mol. The van der Waals surface area contributed by atoms with Crippen LogP contribution >= 0.6 is 0 Å². The minimum atomic E-state index is 0.269. The van der Waals surface area contributed by atoms with Gasteiger partial charge in [0.15, 0.2) is 0 Å². The van der Waals surface area contributed by atoms with Crippen molar-refractivity contribution in [3.05, 3.63) is 34.9 Å². The molecular formula is C17H25N. The zero-order chi connectivity index (χ0) is 12.8. The molecule has 0 aromatic heterocycles. The van der Waals surface area contributed by atoms with Gasteiger partial charge in [0.1, 0.15) is 0 Å². The van der Waals surface area contributed by atoms with Crippen molar-refractivity contribution < 1.29 is 0 Å². The lowest BCUT2D eigenvalue weighted by atomic mass is 9.83. The molecular weight excluding hydrogens is 218 g/mol. The van der Waals surface area contributed by atoms with Crippen LogP contribution in [0.4, 0.5) is 0 Å². The van der Waals surface area contributed by atoms with E-state index >= 15 is 0 Å². The van der Waals surface area contributed by atoms with Crippen LogP contribution in [0.2, 0.25) is 0 Å². The van der Waals surface area contributed by atoms with Crippen molar-refractivity contribution in [2.45, 2.75) is 63.8 Å². The highest BCUT2D eigenvalue weighted by molar-refractivity contribution is 5.41. The van der Waals surface area contributed by atoms with E-state index in [1.165, 1.54) is 37.8 Å². The van der Waals surface area contributed by atoms with Gasteiger partial charge in [0, 0.05) is 6.04 Å². The van der Waals surface area contributed by atoms with Gasteiger partial charge < -0.3 is 5.32 Å². The predicted octanol–water partition coefficient (Wildman–Crippen LogP) is 3.77. The summed E-state index contributed by atoms with van der Waals surface area (Å²) in [6.07, 6.45) is 5.35. The number of rotatable bonds is 1. The van der Waals surface area contributed by atoms with Crippen molar-refractivity contribution in [3.63, 3.8) is 0 Å². The molecule has 1 aliphatic heterocycles. The molecule has 2 atom stereocenters. The molecule has 1 aromatic carbocycles. The molecule has 0 unspecified atom stereocenters. The first kappa shape index (κ1) is 12.2. The maximum absolute atomic E-state index is 3.70. The first-order chi connectivity index (χ1) is 8.55. The molecule has 1 N–H and O–H groups in total. The molecule has 0 spiro atoms. The number of hydrogen-bond acceptors (Lipinski definition) is 1. The molecule has 1 fully saturated rings. The smallest absolute Gasteiger partial charge is 0.0136 e. The highest BCUT2D eigenvalue weighted by Gasteiger charge is 2.32. The second kappa shape index (κ2) is 4.38. The van der Waals surface area contributed by atoms with Gasteiger partial charge in [-0.15, -0.1) is 0 Å². The number of aryl methyl sites for hydroxylation is 1. The van der Waals surface area contributed by atoms with Crippen LogP contribution < -0.4 is 5.32 Å². The Hall–Kier alpha value is -0.820. The number of nitrogens with one attached hydrogen (secondary N) is 1. The number of fused-ring (bicyclic) bond motifs is 1. The largest absolute Gasteiger partial charge is 0.313 e. The van der Waals surface area contributed by atoms with Crippen molar-refractivity contribution in [1.82, 2.24) is 5.32 Å². The Bertz CT molecular complexity index is 435. The molecule has 1 saturated heterocycles. The fourth-order valence-electron chi connectivity index (χ4n) is 3.57. The van der Waals surface area contributed by atoms with Crippen LogP contribution in [0.3, 0.4) is 0 Å². The fourth-order valence-corrected chi connectivity index (χ4v) is 3.57. The van der Waals surface area contributed by atoms with Crippen LogP contribution in [-0.4, -0.2) is 12.6 Å². The van der Waals surface area contributed by atoms with Crippen LogP contribution in [0.25, 0.3) is 0 Å². The Morgan fingerprint density at radius 1 is 1.17 bits per heavy atom. The molecule has 1 aliphatic carbocycles. The lowest BCUT2D eigenvalue weighted by Crippen LogP contribution is -2.27. The SMILES string of the molecule is CC(C)(C)c1ccc2c(c1)[C@H]([C@@H]1CCCN1)CC2. The third-order valence-corrected chi connectivity index (χ3v) is 4.72. The van der Waals surface area contributed by atoms with Gasteiger partial charge in [0.2, 0.25) is 0 Å². The van der Waals surface area contributed by atoms with Crippen molar-refractivity contribution in [2.75, 3.05) is 6.54 Å². The van der Waals surface area contributed by atoms with Crippen LogP contribution in [0, 0.1) is 0 Å². The lowest BCUT2D eigenvalue weighted by molar-refractivity contribution is 0.484. The van der Waals surface area contributed by atoms with Crippen LogP contribution in [0.15, 0.2) is 18.2 Å². The van der Waals surface area contributed by atoms with E-state index in [2.05, 4.69) is 44.3 Å². The molecule has 0 radical (unpaired) electrons. The van der Waals surface area contributed by atoms with Crippen LogP contribution in [0.5, 0.6) is 0 Å². The maximum atomic E-state index is 3.70. The summed E-state index contributed by atoms with van der Waals surface area (Å²) in [5.74, 6) is 0.768. The topological polar surface area (TPSA) is 12.0 Å². The van der Waals surface area contributed by atoms with Gasteiger partial charge in [0.05, 0.1) is 0 Å². The monoisotopic (exact) mass is 243 g/mol. The average Bonchev–Trinajstić information content (AvgIpc) is 2.95. The van der Waals surface area contributed by atoms with E-state index in [0.29, 0.717) is 0 Å². The molecule has 0 amide bonds. The van der Waals surface area contributed by atoms with Crippen molar-refractivity contribution >= 4 is 0 Å². The normalized spacial score (nSPS) is 27.5. The Morgan fingerprint density at radius 2 is 2.00 bits per heavy atom.